The van der Waals surface area contributed by atoms with E-state index in [1.807, 2.05) is 31.2 Å². The number of phenols is 1. The van der Waals surface area contributed by atoms with E-state index in [9.17, 15) is 9.90 Å². The van der Waals surface area contributed by atoms with Crippen LogP contribution in [-0.4, -0.2) is 9.19 Å². The molecule has 0 radical (unpaired) electrons. The van der Waals surface area contributed by atoms with Gasteiger partial charge in [0.1, 0.15) is 0 Å². The zero-order valence-corrected chi connectivity index (χ0v) is 12.9. The van der Waals surface area contributed by atoms with Crippen molar-refractivity contribution in [1.29, 1.82) is 0 Å². The van der Waals surface area contributed by atoms with Crippen LogP contribution in [0.1, 0.15) is 22.3 Å². The summed E-state index contributed by atoms with van der Waals surface area (Å²) in [6, 6.07) is 5.33. The molecule has 0 atom stereocenters. The normalized spacial score (nSPS) is 11.9. The van der Waals surface area contributed by atoms with Gasteiger partial charge in [-0.3, -0.25) is 0 Å². The van der Waals surface area contributed by atoms with Crippen LogP contribution in [0, 0.1) is 6.92 Å². The van der Waals surface area contributed by atoms with E-state index in [-0.39, 0.29) is 34.7 Å². The van der Waals surface area contributed by atoms with Crippen LogP contribution in [0.15, 0.2) is 40.3 Å². The number of carbonyl (C=O) groups excluding carboxylic acids is 1. The first kappa shape index (κ1) is 17.5. The van der Waals surface area contributed by atoms with Gasteiger partial charge < -0.3 is 24.8 Å². The summed E-state index contributed by atoms with van der Waals surface area (Å²) in [5, 5.41) is 9.81. The summed E-state index contributed by atoms with van der Waals surface area (Å²) in [5.41, 5.74) is 1.24. The molecule has 1 aromatic rings. The van der Waals surface area contributed by atoms with Crippen molar-refractivity contribution in [2.75, 3.05) is 0 Å². The summed E-state index contributed by atoms with van der Waals surface area (Å²) in [4.78, 5) is 12.0. The maximum absolute atomic E-state index is 12.0. The first-order valence-electron chi connectivity index (χ1n) is 5.14. The molecule has 1 aromatic carbocycles. The van der Waals surface area contributed by atoms with Gasteiger partial charge in [-0.2, -0.15) is 0 Å². The Labute approximate surface area is 128 Å². The molecule has 0 heterocycles. The van der Waals surface area contributed by atoms with Crippen LogP contribution in [0.3, 0.4) is 0 Å². The van der Waals surface area contributed by atoms with Crippen LogP contribution in [0.25, 0.3) is 0 Å². The average Bonchev–Trinajstić information content (AvgIpc) is 2.74. The number of aryl methyl sites for hydroxylation is 1. The fourth-order valence-electron chi connectivity index (χ4n) is 1.60. The molecule has 0 amide bonds. The number of hydrogen-bond acceptors (Lipinski definition) is 2. The molecule has 0 bridgehead atoms. The summed E-state index contributed by atoms with van der Waals surface area (Å²) < 4.78 is 1.34. The van der Waals surface area contributed by atoms with Crippen molar-refractivity contribution >= 4 is 4.09 Å². The molecule has 94 valence electrons. The summed E-state index contributed by atoms with van der Waals surface area (Å²) in [6.45, 7) is 1.81. The van der Waals surface area contributed by atoms with E-state index in [4.69, 9.17) is 0 Å². The zero-order valence-electron chi connectivity index (χ0n) is 9.78. The Morgan fingerprint density at radius 3 is 2.67 bits per heavy atom. The van der Waals surface area contributed by atoms with Gasteiger partial charge in [-0.25, -0.2) is 0 Å². The molecular weight excluding hydrogens is 307 g/mol. The first-order valence-corrected chi connectivity index (χ1v) is 6.70. The zero-order chi connectivity index (χ0) is 11.5. The molecule has 1 aliphatic carbocycles. The third-order valence-electron chi connectivity index (χ3n) is 2.53. The number of benzene rings is 1. The number of hydrogen-bond donors (Lipinski definition) is 1. The Balaban J connectivity index is 0.00000144. The summed E-state index contributed by atoms with van der Waals surface area (Å²) in [5.74, 6) is 0.141. The van der Waals surface area contributed by atoms with Crippen molar-refractivity contribution in [3.63, 3.8) is 0 Å². The minimum atomic E-state index is -0.792. The number of para-hydroxylation sites is 1. The van der Waals surface area contributed by atoms with Crippen LogP contribution in [0.5, 0.6) is 5.75 Å². The fraction of sp³-hybridized carbons (Fsp3) is 0.154. The Bertz CT molecular complexity index is 496. The summed E-state index contributed by atoms with van der Waals surface area (Å²) in [7, 11) is 0. The van der Waals surface area contributed by atoms with Crippen LogP contribution < -0.4 is 24.8 Å². The van der Waals surface area contributed by atoms with Crippen LogP contribution in [0.4, 0.5) is 0 Å². The van der Waals surface area contributed by atoms with E-state index in [1.54, 1.807) is 6.07 Å². The van der Waals surface area contributed by atoms with E-state index in [0.717, 1.165) is 12.0 Å². The second-order valence-corrected chi connectivity index (χ2v) is 5.85. The Hall–Kier alpha value is -0.536. The quantitative estimate of drug-likeness (QED) is 0.595. The minimum Gasteiger partial charge on any atom is -1.00 e. The number of allylic oxidation sites excluding steroid dienone is 4. The van der Waals surface area contributed by atoms with Gasteiger partial charge in [-0.1, -0.05) is 0 Å². The summed E-state index contributed by atoms with van der Waals surface area (Å²) in [6.07, 6.45) is 6.97. The SMILES string of the molecule is Cc1cccc([C](=O)[Ti+2][C]2=CC=CC2)c1O.[Cl-].[Cl-]. The van der Waals surface area contributed by atoms with Crippen molar-refractivity contribution in [3.8, 4) is 5.75 Å². The van der Waals surface area contributed by atoms with Gasteiger partial charge in [0, 0.05) is 0 Å². The maximum atomic E-state index is 12.0. The van der Waals surface area contributed by atoms with Crippen molar-refractivity contribution < 1.29 is 53.9 Å². The smallest absolute Gasteiger partial charge is 1.00 e. The average molecular weight is 319 g/mol. The number of aromatic hydroxyl groups is 1. The van der Waals surface area contributed by atoms with Crippen molar-refractivity contribution in [2.45, 2.75) is 13.3 Å². The molecule has 18 heavy (non-hydrogen) atoms. The maximum Gasteiger partial charge on any atom is -1.00 e. The number of rotatable bonds is 3. The van der Waals surface area contributed by atoms with E-state index >= 15 is 0 Å². The molecule has 0 saturated carbocycles. The molecule has 0 aliphatic heterocycles. The van der Waals surface area contributed by atoms with E-state index in [2.05, 4.69) is 6.08 Å². The monoisotopic (exact) mass is 318 g/mol. The van der Waals surface area contributed by atoms with Gasteiger partial charge in [0.15, 0.2) is 0 Å². The second-order valence-electron chi connectivity index (χ2n) is 3.75. The third kappa shape index (κ3) is 3.99. The molecule has 2 rings (SSSR count). The Kier molecular flexibility index (Phi) is 7.57. The van der Waals surface area contributed by atoms with Gasteiger partial charge in [-0.15, -0.1) is 0 Å². The molecule has 0 fully saturated rings. The van der Waals surface area contributed by atoms with Gasteiger partial charge in [0.05, 0.1) is 0 Å². The van der Waals surface area contributed by atoms with Crippen LogP contribution in [0.2, 0.25) is 0 Å². The van der Waals surface area contributed by atoms with E-state index in [1.165, 1.54) is 3.88 Å². The Morgan fingerprint density at radius 2 is 2.06 bits per heavy atom. The van der Waals surface area contributed by atoms with Crippen molar-refractivity contribution in [2.24, 2.45) is 0 Å². The van der Waals surface area contributed by atoms with Gasteiger partial charge in [-0.05, 0) is 0 Å². The number of carbonyl (C=O) groups is 1. The van der Waals surface area contributed by atoms with Gasteiger partial charge in [0.2, 0.25) is 0 Å². The number of phenolic OH excluding ortho intramolecular Hbond substituents is 1. The molecule has 1 N–H and O–H groups in total. The van der Waals surface area contributed by atoms with Crippen molar-refractivity contribution in [1.82, 2.24) is 0 Å². The minimum absolute atomic E-state index is 0. The Morgan fingerprint density at radius 1 is 1.33 bits per heavy atom. The molecule has 1 aliphatic rings. The summed E-state index contributed by atoms with van der Waals surface area (Å²) >= 11 is -0.792. The molecular formula is C13H12Cl2O2Ti. The van der Waals surface area contributed by atoms with Crippen molar-refractivity contribution in [3.05, 3.63) is 51.4 Å². The number of halogens is 2. The molecule has 0 unspecified atom stereocenters. The first-order chi connectivity index (χ1) is 7.68. The van der Waals surface area contributed by atoms with E-state index < -0.39 is 19.2 Å². The molecule has 0 spiro atoms. The molecule has 2 nitrogen and oxygen atoms in total. The van der Waals surface area contributed by atoms with Gasteiger partial charge in [0.25, 0.3) is 0 Å². The van der Waals surface area contributed by atoms with E-state index in [0.29, 0.717) is 5.56 Å². The topological polar surface area (TPSA) is 37.3 Å². The van der Waals surface area contributed by atoms with Crippen LogP contribution in [-0.2, 0) is 19.2 Å². The third-order valence-corrected chi connectivity index (χ3v) is 4.38. The predicted molar refractivity (Wildman–Crippen MR) is 59.0 cm³/mol. The molecule has 5 heteroatoms. The molecule has 0 aromatic heterocycles. The van der Waals surface area contributed by atoms with Crippen LogP contribution >= 0.6 is 0 Å². The second kappa shape index (κ2) is 7.80. The van der Waals surface area contributed by atoms with Gasteiger partial charge >= 0.3 is 104 Å². The standard InChI is InChI=1S/C8H7O2.C5H5.2ClH.Ti/c1-6-3-2-4-7(5-9)8(6)10;1-2-4-5-3-1;;;/h2-4,10H,1H3;1-3H,4H2;2*1H;/q;;;;+2/p-2. The fourth-order valence-corrected chi connectivity index (χ4v) is 3.20. The molecule has 0 saturated heterocycles. The largest absolute Gasteiger partial charge is 1.00 e. The predicted octanol–water partition coefficient (Wildman–Crippen LogP) is -3.22.